The van der Waals surface area contributed by atoms with Gasteiger partial charge < -0.3 is 25.2 Å². The molecule has 4 atom stereocenters. The van der Waals surface area contributed by atoms with E-state index in [1.165, 1.54) is 0 Å². The van der Waals surface area contributed by atoms with Crippen molar-refractivity contribution in [3.8, 4) is 11.5 Å². The number of aliphatic carboxylic acids is 1. The molecule has 1 saturated heterocycles. The maximum Gasteiger partial charge on any atom is 0.308 e. The van der Waals surface area contributed by atoms with Crippen LogP contribution in [0, 0.1) is 11.8 Å². The number of carbonyl (C=O) groups excluding carboxylic acids is 1. The Hall–Kier alpha value is -3.36. The number of ether oxygens (including phenoxy) is 2. The first-order chi connectivity index (χ1) is 18.9. The minimum Gasteiger partial charge on any atom is -0.481 e. The van der Waals surface area contributed by atoms with Crippen molar-refractivity contribution in [1.29, 1.82) is 0 Å². The summed E-state index contributed by atoms with van der Waals surface area (Å²) in [5, 5.41) is 10.5. The van der Waals surface area contributed by atoms with E-state index in [0.29, 0.717) is 37.6 Å². The summed E-state index contributed by atoms with van der Waals surface area (Å²) in [6.45, 7) is 7.95. The average molecular weight is 536 g/mol. The van der Waals surface area contributed by atoms with Gasteiger partial charge in [0.1, 0.15) is 0 Å². The lowest BCUT2D eigenvalue weighted by molar-refractivity contribution is -0.143. The smallest absolute Gasteiger partial charge is 0.308 e. The molecule has 0 radical (unpaired) electrons. The zero-order chi connectivity index (χ0) is 27.9. The van der Waals surface area contributed by atoms with E-state index in [1.807, 2.05) is 60.4 Å². The largest absolute Gasteiger partial charge is 0.481 e. The first-order valence-electron chi connectivity index (χ1n) is 13.9. The molecule has 8 nitrogen and oxygen atoms in total. The molecule has 2 heterocycles. The summed E-state index contributed by atoms with van der Waals surface area (Å²) >= 11 is 0. The van der Waals surface area contributed by atoms with E-state index in [0.717, 1.165) is 29.7 Å². The number of unbranched alkanes of at least 4 members (excludes halogenated alkanes) is 1. The van der Waals surface area contributed by atoms with Gasteiger partial charge in [0.15, 0.2) is 11.5 Å². The molecule has 0 spiro atoms. The molecule has 2 aromatic carbocycles. The lowest BCUT2D eigenvalue weighted by Gasteiger charge is -2.31. The van der Waals surface area contributed by atoms with Crippen LogP contribution in [0.1, 0.15) is 57.1 Å². The SMILES string of the molecule is C/C=C/[C@@H](C)C[C@H]1[C@H](C(=O)O)[C@@H](c2ccc3c(c2)OCO3)CN1CC(=O)N(CCCC)c1cccc(CN)c1. The number of rotatable bonds is 12. The highest BCUT2D eigenvalue weighted by Gasteiger charge is 2.47. The number of benzene rings is 2. The summed E-state index contributed by atoms with van der Waals surface area (Å²) in [5.74, 6) is -0.337. The molecule has 4 rings (SSSR count). The Morgan fingerprint density at radius 1 is 1.21 bits per heavy atom. The summed E-state index contributed by atoms with van der Waals surface area (Å²) in [7, 11) is 0. The first-order valence-corrected chi connectivity index (χ1v) is 13.9. The molecule has 0 aromatic heterocycles. The van der Waals surface area contributed by atoms with Gasteiger partial charge in [0, 0.05) is 37.3 Å². The van der Waals surface area contributed by atoms with Gasteiger partial charge in [-0.25, -0.2) is 0 Å². The fourth-order valence-electron chi connectivity index (χ4n) is 5.88. The standard InChI is InChI=1S/C31H41N3O5/c1-4-6-13-34(24-10-7-9-22(15-24)17-32)29(35)19-33-18-25(23-11-12-27-28(16-23)39-20-38-27)30(31(36)37)26(33)14-21(3)8-5-2/h5,7-12,15-16,21,25-26,30H,4,6,13-14,17-20,32H2,1-3H3,(H,36,37)/b8-5+/t21-,25-,26+,30-/m1/s1. The highest BCUT2D eigenvalue weighted by atomic mass is 16.7. The van der Waals surface area contributed by atoms with Gasteiger partial charge in [-0.05, 0) is 61.1 Å². The minimum absolute atomic E-state index is 0.0308. The Bertz CT molecular complexity index is 1180. The number of allylic oxidation sites excluding steroid dienone is 2. The van der Waals surface area contributed by atoms with Crippen LogP contribution < -0.4 is 20.1 Å². The molecule has 1 fully saturated rings. The number of carboxylic acid groups (broad SMARTS) is 1. The number of nitrogens with zero attached hydrogens (tertiary/aromatic N) is 2. The predicted molar refractivity (Wildman–Crippen MR) is 152 cm³/mol. The molecule has 2 aromatic rings. The van der Waals surface area contributed by atoms with Gasteiger partial charge in [0.05, 0.1) is 12.5 Å². The maximum absolute atomic E-state index is 13.9. The number of carbonyl (C=O) groups is 2. The zero-order valence-electron chi connectivity index (χ0n) is 23.2. The van der Waals surface area contributed by atoms with Crippen molar-refractivity contribution < 1.29 is 24.2 Å². The topological polar surface area (TPSA) is 105 Å². The normalized spacial score (nSPS) is 21.4. The van der Waals surface area contributed by atoms with Crippen LogP contribution >= 0.6 is 0 Å². The fraction of sp³-hybridized carbons (Fsp3) is 0.484. The lowest BCUT2D eigenvalue weighted by Crippen LogP contribution is -2.45. The fourth-order valence-corrected chi connectivity index (χ4v) is 5.88. The van der Waals surface area contributed by atoms with Crippen LogP contribution in [0.15, 0.2) is 54.6 Å². The molecule has 2 aliphatic rings. The number of fused-ring (bicyclic) bond motifs is 1. The molecule has 210 valence electrons. The molecule has 0 bridgehead atoms. The number of hydrogen-bond acceptors (Lipinski definition) is 6. The van der Waals surface area contributed by atoms with Gasteiger partial charge >= 0.3 is 5.97 Å². The van der Waals surface area contributed by atoms with Crippen LogP contribution in [0.2, 0.25) is 0 Å². The van der Waals surface area contributed by atoms with Gasteiger partial charge in [-0.15, -0.1) is 0 Å². The van der Waals surface area contributed by atoms with Crippen molar-refractivity contribution in [1.82, 2.24) is 4.90 Å². The van der Waals surface area contributed by atoms with Gasteiger partial charge in [0.25, 0.3) is 0 Å². The second-order valence-electron chi connectivity index (χ2n) is 10.6. The Kier molecular flexibility index (Phi) is 9.64. The highest BCUT2D eigenvalue weighted by Crippen LogP contribution is 2.43. The Morgan fingerprint density at radius 2 is 2.00 bits per heavy atom. The lowest BCUT2D eigenvalue weighted by atomic mass is 9.82. The van der Waals surface area contributed by atoms with Gasteiger partial charge in [-0.2, -0.15) is 0 Å². The minimum atomic E-state index is -0.844. The second-order valence-corrected chi connectivity index (χ2v) is 10.6. The molecule has 3 N–H and O–H groups in total. The summed E-state index contributed by atoms with van der Waals surface area (Å²) in [5.41, 5.74) is 8.56. The van der Waals surface area contributed by atoms with E-state index in [1.54, 1.807) is 0 Å². The summed E-state index contributed by atoms with van der Waals surface area (Å²) in [6.07, 6.45) is 6.57. The number of amides is 1. The monoisotopic (exact) mass is 535 g/mol. The number of hydrogen-bond donors (Lipinski definition) is 2. The van der Waals surface area contributed by atoms with E-state index in [-0.39, 0.29) is 37.1 Å². The van der Waals surface area contributed by atoms with Crippen LogP contribution in [0.5, 0.6) is 11.5 Å². The van der Waals surface area contributed by atoms with Crippen molar-refractivity contribution in [2.45, 2.75) is 58.5 Å². The van der Waals surface area contributed by atoms with Crippen molar-refractivity contribution in [2.75, 3.05) is 31.3 Å². The van der Waals surface area contributed by atoms with E-state index < -0.39 is 11.9 Å². The van der Waals surface area contributed by atoms with Crippen LogP contribution in [-0.4, -0.2) is 54.4 Å². The summed E-state index contributed by atoms with van der Waals surface area (Å²) in [4.78, 5) is 30.6. The third-order valence-corrected chi connectivity index (χ3v) is 7.83. The summed E-state index contributed by atoms with van der Waals surface area (Å²) in [6, 6.07) is 13.2. The van der Waals surface area contributed by atoms with Crippen molar-refractivity contribution in [2.24, 2.45) is 17.6 Å². The first kappa shape index (κ1) is 28.6. The summed E-state index contributed by atoms with van der Waals surface area (Å²) < 4.78 is 11.1. The zero-order valence-corrected chi connectivity index (χ0v) is 23.2. The third-order valence-electron chi connectivity index (χ3n) is 7.83. The second kappa shape index (κ2) is 13.1. The van der Waals surface area contributed by atoms with Crippen LogP contribution in [-0.2, 0) is 16.1 Å². The Labute approximate surface area is 231 Å². The molecular formula is C31H41N3O5. The van der Waals surface area contributed by atoms with Crippen LogP contribution in [0.25, 0.3) is 0 Å². The number of nitrogens with two attached hydrogens (primary N) is 1. The number of carboxylic acids is 1. The van der Waals surface area contributed by atoms with Gasteiger partial charge in [-0.1, -0.05) is 50.6 Å². The third kappa shape index (κ3) is 6.62. The Morgan fingerprint density at radius 3 is 2.72 bits per heavy atom. The van der Waals surface area contributed by atoms with Crippen molar-refractivity contribution >= 4 is 17.6 Å². The molecule has 0 aliphatic carbocycles. The van der Waals surface area contributed by atoms with Crippen LogP contribution in [0.4, 0.5) is 5.69 Å². The number of anilines is 1. The van der Waals surface area contributed by atoms with E-state index in [2.05, 4.69) is 24.8 Å². The quantitative estimate of drug-likeness (QED) is 0.377. The molecule has 1 amide bonds. The maximum atomic E-state index is 13.9. The average Bonchev–Trinajstić information content (AvgIpc) is 3.53. The molecule has 2 aliphatic heterocycles. The molecule has 0 unspecified atom stereocenters. The van der Waals surface area contributed by atoms with Crippen molar-refractivity contribution in [3.05, 3.63) is 65.7 Å². The van der Waals surface area contributed by atoms with Crippen molar-refractivity contribution in [3.63, 3.8) is 0 Å². The van der Waals surface area contributed by atoms with E-state index in [9.17, 15) is 14.7 Å². The molecular weight excluding hydrogens is 494 g/mol. The van der Waals surface area contributed by atoms with Crippen LogP contribution in [0.3, 0.4) is 0 Å². The molecule has 39 heavy (non-hydrogen) atoms. The van der Waals surface area contributed by atoms with Gasteiger partial charge in [-0.3, -0.25) is 14.5 Å². The molecule has 0 saturated carbocycles. The van der Waals surface area contributed by atoms with E-state index in [4.69, 9.17) is 15.2 Å². The number of likely N-dealkylation sites (tertiary alicyclic amines) is 1. The predicted octanol–water partition coefficient (Wildman–Crippen LogP) is 4.78. The highest BCUT2D eigenvalue weighted by molar-refractivity contribution is 5.95. The van der Waals surface area contributed by atoms with E-state index >= 15 is 0 Å². The molecule has 8 heteroatoms. The van der Waals surface area contributed by atoms with Gasteiger partial charge in [0.2, 0.25) is 12.7 Å². The Balaban J connectivity index is 1.65.